The lowest BCUT2D eigenvalue weighted by Gasteiger charge is -2.32. The molecule has 2 aliphatic heterocycles. The molecule has 2 aliphatic rings. The summed E-state index contributed by atoms with van der Waals surface area (Å²) in [6.45, 7) is 6.62. The van der Waals surface area contributed by atoms with Crippen LogP contribution >= 0.6 is 11.8 Å². The Hall–Kier alpha value is -2.53. The Balaban J connectivity index is 1.63. The summed E-state index contributed by atoms with van der Waals surface area (Å²) in [5.41, 5.74) is 6.17. The Labute approximate surface area is 176 Å². The molecule has 1 saturated heterocycles. The molecule has 0 bridgehead atoms. The fourth-order valence-electron chi connectivity index (χ4n) is 4.42. The Morgan fingerprint density at radius 1 is 1.07 bits per heavy atom. The lowest BCUT2D eigenvalue weighted by Crippen LogP contribution is -2.36. The molecule has 2 aromatic heterocycles. The van der Waals surface area contributed by atoms with Gasteiger partial charge < -0.3 is 9.47 Å². The second-order valence-corrected chi connectivity index (χ2v) is 8.90. The molecule has 0 aliphatic carbocycles. The minimum absolute atomic E-state index is 0.0215. The molecular weight excluding hydrogens is 376 g/mol. The van der Waals surface area contributed by atoms with Crippen molar-refractivity contribution >= 4 is 16.9 Å². The predicted molar refractivity (Wildman–Crippen MR) is 121 cm³/mol. The maximum absolute atomic E-state index is 5.15. The van der Waals surface area contributed by atoms with E-state index in [1.165, 1.54) is 27.7 Å². The van der Waals surface area contributed by atoms with Gasteiger partial charge in [-0.2, -0.15) is 0 Å². The maximum Gasteiger partial charge on any atom is 0.160 e. The first kappa shape index (κ1) is 18.5. The van der Waals surface area contributed by atoms with Crippen molar-refractivity contribution in [2.24, 2.45) is 4.99 Å². The van der Waals surface area contributed by atoms with Gasteiger partial charge in [-0.15, -0.1) is 0 Å². The second kappa shape index (κ2) is 7.38. The van der Waals surface area contributed by atoms with E-state index < -0.39 is 0 Å². The molecule has 0 N–H and O–H groups in total. The molecule has 3 unspecified atom stereocenters. The predicted octanol–water partition coefficient (Wildman–Crippen LogP) is 5.47. The highest BCUT2D eigenvalue weighted by Gasteiger charge is 2.46. The van der Waals surface area contributed by atoms with E-state index in [9.17, 15) is 0 Å². The van der Waals surface area contributed by atoms with Gasteiger partial charge in [0.2, 0.25) is 0 Å². The van der Waals surface area contributed by atoms with Crippen LogP contribution in [0.3, 0.4) is 0 Å². The zero-order chi connectivity index (χ0) is 20.0. The number of aromatic nitrogens is 2. The van der Waals surface area contributed by atoms with Crippen molar-refractivity contribution in [1.82, 2.24) is 14.5 Å². The monoisotopic (exact) mass is 402 g/mol. The molecule has 0 radical (unpaired) electrons. The Morgan fingerprint density at radius 3 is 2.72 bits per heavy atom. The molecule has 0 spiro atoms. The number of aryl methyl sites for hydroxylation is 2. The Morgan fingerprint density at radius 2 is 1.97 bits per heavy atom. The van der Waals surface area contributed by atoms with E-state index in [0.717, 1.165) is 17.9 Å². The van der Waals surface area contributed by atoms with E-state index >= 15 is 0 Å². The molecule has 1 aromatic carbocycles. The summed E-state index contributed by atoms with van der Waals surface area (Å²) >= 11 is 1.89. The fourth-order valence-corrected chi connectivity index (χ4v) is 5.75. The van der Waals surface area contributed by atoms with Gasteiger partial charge in [-0.3, -0.25) is 9.98 Å². The molecule has 5 heteroatoms. The van der Waals surface area contributed by atoms with Crippen LogP contribution in [-0.2, 0) is 0 Å². The minimum atomic E-state index is 0.0215. The molecule has 29 heavy (non-hydrogen) atoms. The third-order valence-electron chi connectivity index (χ3n) is 6.18. The summed E-state index contributed by atoms with van der Waals surface area (Å²) in [4.78, 5) is 12.4. The number of pyridine rings is 1. The Bertz CT molecular complexity index is 1060. The highest BCUT2D eigenvalue weighted by Crippen LogP contribution is 2.48. The van der Waals surface area contributed by atoms with Crippen LogP contribution < -0.4 is 0 Å². The first-order valence-electron chi connectivity index (χ1n) is 10.3. The van der Waals surface area contributed by atoms with Gasteiger partial charge in [-0.25, -0.2) is 0 Å². The summed E-state index contributed by atoms with van der Waals surface area (Å²) in [6, 6.07) is 18.0. The number of benzene rings is 1. The van der Waals surface area contributed by atoms with Gasteiger partial charge in [-0.1, -0.05) is 30.8 Å². The average molecular weight is 403 g/mol. The summed E-state index contributed by atoms with van der Waals surface area (Å²) in [5.74, 6) is 1.12. The highest BCUT2D eigenvalue weighted by atomic mass is 32.2. The summed E-state index contributed by atoms with van der Waals surface area (Å²) < 4.78 is 2.33. The lowest BCUT2D eigenvalue weighted by molar-refractivity contribution is 0.249. The highest BCUT2D eigenvalue weighted by molar-refractivity contribution is 8.14. The number of amidine groups is 1. The van der Waals surface area contributed by atoms with Crippen molar-refractivity contribution < 1.29 is 0 Å². The molecule has 0 saturated carbocycles. The number of hydrogen-bond acceptors (Lipinski definition) is 4. The topological polar surface area (TPSA) is 33.4 Å². The van der Waals surface area contributed by atoms with Crippen LogP contribution in [0.15, 0.2) is 65.9 Å². The third-order valence-corrected chi connectivity index (χ3v) is 7.31. The molecule has 3 atom stereocenters. The number of nitrogens with zero attached hydrogens (tertiary/aromatic N) is 4. The molecule has 4 nitrogen and oxygen atoms in total. The van der Waals surface area contributed by atoms with Crippen LogP contribution in [0.25, 0.3) is 5.69 Å². The van der Waals surface area contributed by atoms with Crippen molar-refractivity contribution in [3.63, 3.8) is 0 Å². The summed E-state index contributed by atoms with van der Waals surface area (Å²) in [6.07, 6.45) is 5.18. The van der Waals surface area contributed by atoms with E-state index in [1.54, 1.807) is 0 Å². The maximum atomic E-state index is 5.15. The zero-order valence-electron chi connectivity index (χ0n) is 17.1. The molecule has 4 heterocycles. The Kier molecular flexibility index (Phi) is 4.70. The van der Waals surface area contributed by atoms with E-state index in [2.05, 4.69) is 83.9 Å². The van der Waals surface area contributed by atoms with Crippen LogP contribution in [0, 0.1) is 13.8 Å². The van der Waals surface area contributed by atoms with E-state index in [-0.39, 0.29) is 12.1 Å². The largest absolute Gasteiger partial charge is 0.337 e. The first-order valence-corrected chi connectivity index (χ1v) is 11.3. The number of hydrogen-bond donors (Lipinski definition) is 0. The van der Waals surface area contributed by atoms with Gasteiger partial charge in [0.15, 0.2) is 5.17 Å². The summed E-state index contributed by atoms with van der Waals surface area (Å²) in [5, 5.41) is 1.17. The molecule has 0 amide bonds. The summed E-state index contributed by atoms with van der Waals surface area (Å²) in [7, 11) is 0. The smallest absolute Gasteiger partial charge is 0.160 e. The lowest BCUT2D eigenvalue weighted by atomic mass is 9.99. The van der Waals surface area contributed by atoms with Crippen molar-refractivity contribution in [3.05, 3.63) is 83.4 Å². The van der Waals surface area contributed by atoms with E-state index in [0.29, 0.717) is 6.04 Å². The van der Waals surface area contributed by atoms with Gasteiger partial charge in [0.25, 0.3) is 0 Å². The third kappa shape index (κ3) is 3.08. The normalized spacial score (nSPS) is 23.3. The number of thioether (sulfide) groups is 1. The molecular formula is C24H26N4S. The molecule has 1 fully saturated rings. The van der Waals surface area contributed by atoms with Crippen molar-refractivity contribution in [2.75, 3.05) is 5.75 Å². The van der Waals surface area contributed by atoms with Crippen molar-refractivity contribution in [1.29, 1.82) is 0 Å². The SMILES string of the molecule is CCC1CSC2=NC(c3ccccn3)C(c3cccn3-c3ccc(C)c(C)c3)N21. The molecule has 148 valence electrons. The van der Waals surface area contributed by atoms with Crippen LogP contribution in [-0.4, -0.2) is 31.4 Å². The first-order chi connectivity index (χ1) is 14.2. The van der Waals surface area contributed by atoms with Gasteiger partial charge in [0.05, 0.1) is 5.69 Å². The van der Waals surface area contributed by atoms with Gasteiger partial charge in [0, 0.05) is 35.6 Å². The van der Waals surface area contributed by atoms with Crippen molar-refractivity contribution in [3.8, 4) is 5.69 Å². The number of rotatable bonds is 4. The quantitative estimate of drug-likeness (QED) is 0.580. The second-order valence-electron chi connectivity index (χ2n) is 7.91. The fraction of sp³-hybridized carbons (Fsp3) is 0.333. The molecule has 3 aromatic rings. The minimum Gasteiger partial charge on any atom is -0.337 e. The van der Waals surface area contributed by atoms with Crippen LogP contribution in [0.2, 0.25) is 0 Å². The number of fused-ring (bicyclic) bond motifs is 1. The zero-order valence-corrected chi connectivity index (χ0v) is 17.9. The van der Waals surface area contributed by atoms with Gasteiger partial charge >= 0.3 is 0 Å². The number of aliphatic imine (C=N–C) groups is 1. The van der Waals surface area contributed by atoms with E-state index in [4.69, 9.17) is 4.99 Å². The van der Waals surface area contributed by atoms with Gasteiger partial charge in [0.1, 0.15) is 12.1 Å². The van der Waals surface area contributed by atoms with Crippen LogP contribution in [0.4, 0.5) is 0 Å². The van der Waals surface area contributed by atoms with Crippen molar-refractivity contribution in [2.45, 2.75) is 45.3 Å². The molecule has 5 rings (SSSR count). The standard InChI is InChI=1S/C24H26N4S/c1-4-18-15-29-24-26-22(20-8-5-6-12-25-20)23(28(18)24)21-9-7-13-27(21)19-11-10-16(2)17(3)14-19/h5-14,18,22-23H,4,15H2,1-3H3. The van der Waals surface area contributed by atoms with Crippen LogP contribution in [0.1, 0.15) is 47.9 Å². The van der Waals surface area contributed by atoms with Gasteiger partial charge in [-0.05, 0) is 67.8 Å². The van der Waals surface area contributed by atoms with E-state index in [1.807, 2.05) is 24.0 Å². The van der Waals surface area contributed by atoms with Crippen LogP contribution in [0.5, 0.6) is 0 Å². The average Bonchev–Trinajstić information content (AvgIpc) is 3.45.